The number of aliphatic hydroxyl groups excluding tert-OH is 2. The lowest BCUT2D eigenvalue weighted by Crippen LogP contribution is -2.62. The zero-order valence-corrected chi connectivity index (χ0v) is 79.1. The number of aromatic amines is 2. The molecule has 0 bridgehead atoms. The van der Waals surface area contributed by atoms with E-state index < -0.39 is 247 Å². The number of amides is 17. The molecule has 0 aliphatic carbocycles. The van der Waals surface area contributed by atoms with Gasteiger partial charge in [-0.25, -0.2) is 4.98 Å². The maximum absolute atomic E-state index is 15.8. The van der Waals surface area contributed by atoms with E-state index >= 15 is 38.4 Å². The Labute approximate surface area is 794 Å². The number of nitrogens with zero attached hydrogens (tertiary/aromatic N) is 6. The number of primary amides is 2. The number of unbranched alkanes of at least 4 members (excludes halogenated alkanes) is 2. The van der Waals surface area contributed by atoms with E-state index in [2.05, 4.69) is 73.4 Å². The van der Waals surface area contributed by atoms with E-state index in [1.807, 2.05) is 32.0 Å². The first-order valence-corrected chi connectivity index (χ1v) is 47.5. The zero-order chi connectivity index (χ0) is 99.3. The van der Waals surface area contributed by atoms with Crippen LogP contribution in [-0.2, 0) is 107 Å². The molecule has 43 nitrogen and oxygen atoms in total. The molecule has 23 N–H and O–H groups in total. The molecule has 0 radical (unpaired) electrons. The first kappa shape index (κ1) is 106. The number of hydrogen-bond donors (Lipinski definition) is 20. The predicted molar refractivity (Wildman–Crippen MR) is 503 cm³/mol. The van der Waals surface area contributed by atoms with Crippen LogP contribution < -0.4 is 75.7 Å². The highest BCUT2D eigenvalue weighted by molar-refractivity contribution is 8.00. The number of aliphatic hydroxyl groups is 2. The second kappa shape index (κ2) is 50.9. The predicted octanol–water partition coefficient (Wildman–Crippen LogP) is -2.20. The normalized spacial score (nSPS) is 24.7. The van der Waals surface area contributed by atoms with Gasteiger partial charge in [-0.1, -0.05) is 102 Å². The lowest BCUT2D eigenvalue weighted by atomic mass is 10.00. The number of phenols is 1. The van der Waals surface area contributed by atoms with Crippen LogP contribution in [0.15, 0.2) is 96.9 Å². The Morgan fingerprint density at radius 1 is 0.574 bits per heavy atom. The maximum atomic E-state index is 15.8. The van der Waals surface area contributed by atoms with Gasteiger partial charge in [0.25, 0.3) is 0 Å². The van der Waals surface area contributed by atoms with Gasteiger partial charge in [-0.3, -0.25) is 86.9 Å². The topological polar surface area (TPSA) is 646 Å². The van der Waals surface area contributed by atoms with E-state index in [0.29, 0.717) is 64.4 Å². The molecule has 738 valence electrons. The van der Waals surface area contributed by atoms with Crippen molar-refractivity contribution in [1.82, 2.24) is 97.9 Å². The van der Waals surface area contributed by atoms with Crippen molar-refractivity contribution >= 4 is 150 Å². The number of carbonyl (C=O) groups excluding carboxylic acids is 17. The van der Waals surface area contributed by atoms with Gasteiger partial charge in [0.05, 0.1) is 37.8 Å². The number of fused-ring (bicyclic) bond motifs is 4. The Morgan fingerprint density at radius 3 is 1.82 bits per heavy atom. The van der Waals surface area contributed by atoms with E-state index in [1.54, 1.807) is 55.8 Å². The number of aromatic nitrogens is 3. The molecule has 1 unspecified atom stereocenters. The summed E-state index contributed by atoms with van der Waals surface area (Å²) in [5, 5.41) is 72.9. The molecule has 3 aromatic carbocycles. The Hall–Kier alpha value is -13.3. The van der Waals surface area contributed by atoms with Crippen LogP contribution in [0, 0.1) is 11.3 Å². The van der Waals surface area contributed by atoms with Gasteiger partial charge in [0.15, 0.2) is 5.96 Å². The van der Waals surface area contributed by atoms with E-state index in [4.69, 9.17) is 22.6 Å². The van der Waals surface area contributed by atoms with Gasteiger partial charge in [0, 0.05) is 112 Å². The largest absolute Gasteiger partial charge is 0.508 e. The number of likely N-dealkylation sites (N-methyl/N-ethyl adjacent to an activating group) is 3. The number of benzene rings is 3. The molecule has 3 aliphatic rings. The van der Waals surface area contributed by atoms with Gasteiger partial charge >= 0.3 is 0 Å². The lowest BCUT2D eigenvalue weighted by Gasteiger charge is -2.36. The molecule has 0 spiro atoms. The molecule has 45 heteroatoms. The Balaban J connectivity index is 1.10. The molecule has 3 saturated heterocycles. The number of aromatic hydroxyl groups is 1. The summed E-state index contributed by atoms with van der Waals surface area (Å²) in [6.45, 7) is 6.03. The number of nitrogens with one attached hydrogen (secondary N) is 14. The van der Waals surface area contributed by atoms with Crippen LogP contribution >= 0.6 is 23.1 Å². The Bertz CT molecular complexity index is 5250. The zero-order valence-electron chi connectivity index (χ0n) is 77.5. The second-order valence-corrected chi connectivity index (χ2v) is 36.8. The summed E-state index contributed by atoms with van der Waals surface area (Å²) in [4.78, 5) is 266. The van der Waals surface area contributed by atoms with Gasteiger partial charge < -0.3 is 125 Å². The Kier molecular flexibility index (Phi) is 39.8. The number of imidazole rings is 1. The number of rotatable bonds is 26. The molecule has 3 fully saturated rings. The number of phenolic OH excluding ortho intramolecular Hbond substituents is 1. The summed E-state index contributed by atoms with van der Waals surface area (Å²) in [6.07, 6.45) is 2.04. The minimum Gasteiger partial charge on any atom is -0.508 e. The lowest BCUT2D eigenvalue weighted by molar-refractivity contribution is -0.149. The summed E-state index contributed by atoms with van der Waals surface area (Å²) in [5.41, 5.74) is 19.2. The van der Waals surface area contributed by atoms with Crippen LogP contribution in [0.25, 0.3) is 21.0 Å². The molecule has 136 heavy (non-hydrogen) atoms. The monoisotopic (exact) mass is 1930 g/mol. The van der Waals surface area contributed by atoms with Crippen molar-refractivity contribution in [1.29, 1.82) is 5.41 Å². The summed E-state index contributed by atoms with van der Waals surface area (Å²) in [6, 6.07) is -2.01. The number of thiophene rings is 1. The third-order valence-corrected chi connectivity index (χ3v) is 26.3. The third kappa shape index (κ3) is 29.6. The van der Waals surface area contributed by atoms with Crippen molar-refractivity contribution in [2.75, 3.05) is 65.4 Å². The average Bonchev–Trinajstić information content (AvgIpc) is 1.57. The quantitative estimate of drug-likeness (QED) is 0.0156. The first-order valence-electron chi connectivity index (χ1n) is 45.5. The molecular formula is C91H127N23O20S2. The van der Waals surface area contributed by atoms with Crippen LogP contribution in [0.1, 0.15) is 140 Å². The Morgan fingerprint density at radius 2 is 1.15 bits per heavy atom. The third-order valence-electron chi connectivity index (χ3n) is 24.2. The van der Waals surface area contributed by atoms with Crippen molar-refractivity contribution in [3.8, 4) is 5.75 Å². The molecular weight excluding hydrogens is 1800 g/mol. The molecule has 3 aliphatic heterocycles. The van der Waals surface area contributed by atoms with E-state index in [9.17, 15) is 58.5 Å². The number of guanidine groups is 1. The molecule has 6 aromatic rings. The van der Waals surface area contributed by atoms with Gasteiger partial charge in [0.1, 0.15) is 90.3 Å². The summed E-state index contributed by atoms with van der Waals surface area (Å²) >= 11 is 2.12. The molecule has 17 amide bonds. The van der Waals surface area contributed by atoms with E-state index in [-0.39, 0.29) is 89.5 Å². The second-order valence-electron chi connectivity index (χ2n) is 34.9. The smallest absolute Gasteiger partial charge is 0.246 e. The van der Waals surface area contributed by atoms with E-state index in [0.717, 1.165) is 41.0 Å². The number of H-pyrrole nitrogens is 2. The molecule has 6 heterocycles. The summed E-state index contributed by atoms with van der Waals surface area (Å²) in [7, 11) is 3.96. The highest BCUT2D eigenvalue weighted by Crippen LogP contribution is 2.30. The SMILES string of the molecule is CCCC[C@H]1C(=O)N(C)[C@@H](CCCC)C(=O)N[C@@H](CCCNC(=N)N)C(=O)NC(C(=O)NCC(N)=O)CSCC(=O)N[C@@H](Cc2ccc(O)cc2)C(=O)N(C)[C@@H](C)C(=O)N[C@@H](Cc2cnc[nH]2)C(=O)N2CCC[C@H]2C(=O)N[C@@H](CC(N)=O)C(=O)N[C@@H](CC(C)C)C(=O)N2C[C@H](O)C[C@H]2C(=O)N[C@@H](Cc2c[nH]c3ccccc23)C(=O)N[C@@H](CO)C(=O)N[C@@H](Cc2csc3ccccc23)C(=O)N1C. The fraction of sp³-hybridized carbons (Fsp3) is 0.527. The minimum atomic E-state index is -1.89. The van der Waals surface area contributed by atoms with Crippen LogP contribution in [0.3, 0.4) is 0 Å². The fourth-order valence-corrected chi connectivity index (χ4v) is 18.5. The average molecular weight is 1930 g/mol. The van der Waals surface area contributed by atoms with Gasteiger partial charge in [-0.15, -0.1) is 23.1 Å². The fourth-order valence-electron chi connectivity index (χ4n) is 16.7. The minimum absolute atomic E-state index is 0.00686. The number of thioether (sulfide) groups is 1. The molecule has 9 rings (SSSR count). The van der Waals surface area contributed by atoms with Gasteiger partial charge in [0.2, 0.25) is 100 Å². The van der Waals surface area contributed by atoms with Crippen molar-refractivity contribution in [2.24, 2.45) is 23.1 Å². The van der Waals surface area contributed by atoms with Gasteiger partial charge in [-0.2, -0.15) is 0 Å². The maximum Gasteiger partial charge on any atom is 0.246 e. The van der Waals surface area contributed by atoms with Crippen LogP contribution in [-0.4, -0.2) is 317 Å². The van der Waals surface area contributed by atoms with Crippen LogP contribution in [0.5, 0.6) is 5.75 Å². The van der Waals surface area contributed by atoms with Crippen molar-refractivity contribution in [3.63, 3.8) is 0 Å². The first-order chi connectivity index (χ1) is 64.8. The summed E-state index contributed by atoms with van der Waals surface area (Å²) in [5.74, 6) is -18.0. The molecule has 0 saturated carbocycles. The standard InChI is InChI=1S/C91H127N23O20S2/c1-9-11-23-69-83(127)102-60(22-17-31-97-91(94)95)79(123)109-68(78(122)99-42-75(93)119)46-135-47-76(120)101-64(34-51-27-29-55(116)30-28-51)86(130)110(6)50(5)77(121)105-66(37-54-41-96-48-100-54)88(132)113-32-18-25-70(113)84(128)104-62(39-74(92)118)81(125)106-63(33-49(3)4)89(133)114-43-56(117)38-72(114)85(129)103-61(35-52-40-98-59-21-15-13-19-57(52)59)80(124)108-67(44-115)82(126)107-65(36-53-45-136-73-26-16-14-20-58(53)73)87(131)112(8)71(24-12-10-2)90(134)111(69)7/h13-16,19-21,26-30,40-41,45,48-50,56,60-72,98,115-117H,9-12,17-18,22-25,31-39,42-44,46-47H2,1-8H3,(H2,92,118)(H2,93,119)(H,96,100)(H,99,122)(H,101,120)(H,102,127)(H,103,129)(H,104,128)(H,105,121)(H,106,125)(H,107,126)(H,108,124)(H,109,123)(H4,94,95,97)/t50-,56+,60-,61-,62-,63-,64-,65-,66-,67-,68?,69-,70-,71-,72-/m0/s1. The number of hydrogen-bond acceptors (Lipinski definition) is 24. The van der Waals surface area contributed by atoms with Crippen LogP contribution in [0.2, 0.25) is 0 Å². The van der Waals surface area contributed by atoms with Crippen molar-refractivity contribution in [2.45, 2.75) is 234 Å². The summed E-state index contributed by atoms with van der Waals surface area (Å²) < 4.78 is 0.808. The van der Waals surface area contributed by atoms with Crippen molar-refractivity contribution in [3.05, 3.63) is 119 Å². The van der Waals surface area contributed by atoms with Crippen LogP contribution in [0.4, 0.5) is 0 Å². The highest BCUT2D eigenvalue weighted by Gasteiger charge is 2.47. The number of para-hydroxylation sites is 1. The van der Waals surface area contributed by atoms with E-state index in [1.165, 1.54) is 76.2 Å². The molecule has 3 aromatic heterocycles. The van der Waals surface area contributed by atoms with Gasteiger partial charge in [-0.05, 0) is 110 Å². The number of nitrogens with two attached hydrogens (primary N) is 3. The molecule has 15 atom stereocenters. The number of carbonyl (C=O) groups is 17. The van der Waals surface area contributed by atoms with Crippen molar-refractivity contribution < 1.29 is 96.8 Å². The highest BCUT2D eigenvalue weighted by atomic mass is 32.2.